The van der Waals surface area contributed by atoms with E-state index in [1.165, 1.54) is 33.6 Å². The highest BCUT2D eigenvalue weighted by Crippen LogP contribution is 2.36. The fraction of sp³-hybridized carbons (Fsp3) is 0.375. The van der Waals surface area contributed by atoms with Crippen molar-refractivity contribution in [1.82, 2.24) is 5.32 Å². The molecule has 1 aliphatic rings. The van der Waals surface area contributed by atoms with Gasteiger partial charge in [0.25, 0.3) is 0 Å². The summed E-state index contributed by atoms with van der Waals surface area (Å²) in [6.07, 6.45) is 1.17. The molecule has 2 heterocycles. The summed E-state index contributed by atoms with van der Waals surface area (Å²) in [5, 5.41) is 3.54. The molecule has 3 rings (SSSR count). The normalized spacial score (nSPS) is 18.7. The number of hydrogen-bond acceptors (Lipinski definition) is 2. The Morgan fingerprint density at radius 1 is 1.28 bits per heavy atom. The molecule has 2 aromatic rings. The predicted octanol–water partition coefficient (Wildman–Crippen LogP) is 4.07. The Balaban J connectivity index is 2.05. The molecule has 0 spiro atoms. The molecule has 1 aromatic heterocycles. The van der Waals surface area contributed by atoms with Crippen molar-refractivity contribution in [3.63, 3.8) is 0 Å². The maximum atomic E-state index is 3.54. The first-order valence-electron chi connectivity index (χ1n) is 6.56. The van der Waals surface area contributed by atoms with Gasteiger partial charge in [-0.3, -0.25) is 0 Å². The van der Waals surface area contributed by atoms with Crippen molar-refractivity contribution in [2.24, 2.45) is 0 Å². The van der Waals surface area contributed by atoms with Crippen LogP contribution in [0.1, 0.15) is 28.5 Å². The van der Waals surface area contributed by atoms with Crippen molar-refractivity contribution in [3.8, 4) is 10.4 Å². The van der Waals surface area contributed by atoms with E-state index in [1.807, 2.05) is 11.3 Å². The highest BCUT2D eigenvalue weighted by Gasteiger charge is 2.18. The van der Waals surface area contributed by atoms with E-state index in [-0.39, 0.29) is 0 Å². The van der Waals surface area contributed by atoms with Gasteiger partial charge in [0.2, 0.25) is 0 Å². The van der Waals surface area contributed by atoms with E-state index in [1.54, 1.807) is 4.88 Å². The molecule has 0 amide bonds. The highest BCUT2D eigenvalue weighted by molar-refractivity contribution is 7.15. The first kappa shape index (κ1) is 11.9. The number of benzene rings is 1. The molecular formula is C16H19NS. The van der Waals surface area contributed by atoms with E-state index >= 15 is 0 Å². The molecule has 0 fully saturated rings. The second-order valence-electron chi connectivity index (χ2n) is 5.29. The highest BCUT2D eigenvalue weighted by atomic mass is 32.1. The number of nitrogens with one attached hydrogen (secondary N) is 1. The molecule has 2 heteroatoms. The Hall–Kier alpha value is -1.12. The van der Waals surface area contributed by atoms with E-state index in [0.29, 0.717) is 6.04 Å². The maximum Gasteiger partial charge on any atom is 0.0351 e. The Morgan fingerprint density at radius 3 is 2.94 bits per heavy atom. The Kier molecular flexibility index (Phi) is 3.00. The van der Waals surface area contributed by atoms with Crippen LogP contribution in [0.4, 0.5) is 0 Å². The van der Waals surface area contributed by atoms with Crippen molar-refractivity contribution in [1.29, 1.82) is 0 Å². The summed E-state index contributed by atoms with van der Waals surface area (Å²) in [5.74, 6) is 0. The number of fused-ring (bicyclic) bond motifs is 1. The molecule has 1 nitrogen and oxygen atoms in total. The van der Waals surface area contributed by atoms with Crippen molar-refractivity contribution >= 4 is 11.3 Å². The smallest absolute Gasteiger partial charge is 0.0351 e. The van der Waals surface area contributed by atoms with Gasteiger partial charge in [-0.2, -0.15) is 0 Å². The molecule has 1 atom stereocenters. The summed E-state index contributed by atoms with van der Waals surface area (Å²) in [6.45, 7) is 7.71. The van der Waals surface area contributed by atoms with Crippen LogP contribution in [0.2, 0.25) is 0 Å². The van der Waals surface area contributed by atoms with Crippen LogP contribution in [0.3, 0.4) is 0 Å². The Bertz CT molecular complexity index is 583. The van der Waals surface area contributed by atoms with Crippen LogP contribution in [-0.4, -0.2) is 6.04 Å². The van der Waals surface area contributed by atoms with Crippen LogP contribution in [0.5, 0.6) is 0 Å². The van der Waals surface area contributed by atoms with Crippen molar-refractivity contribution in [2.75, 3.05) is 0 Å². The van der Waals surface area contributed by atoms with Gasteiger partial charge in [0.05, 0.1) is 0 Å². The summed E-state index contributed by atoms with van der Waals surface area (Å²) in [4.78, 5) is 2.99. The van der Waals surface area contributed by atoms with Crippen molar-refractivity contribution in [3.05, 3.63) is 45.8 Å². The van der Waals surface area contributed by atoms with Crippen molar-refractivity contribution < 1.29 is 0 Å². The summed E-state index contributed by atoms with van der Waals surface area (Å²) in [7, 11) is 0. The molecule has 1 N–H and O–H groups in total. The summed E-state index contributed by atoms with van der Waals surface area (Å²) in [5.41, 5.74) is 5.69. The second kappa shape index (κ2) is 4.52. The van der Waals surface area contributed by atoms with Gasteiger partial charge in [-0.05, 0) is 55.5 Å². The van der Waals surface area contributed by atoms with Gasteiger partial charge in [-0.1, -0.05) is 18.2 Å². The van der Waals surface area contributed by atoms with Gasteiger partial charge >= 0.3 is 0 Å². The van der Waals surface area contributed by atoms with Crippen LogP contribution in [0.15, 0.2) is 24.3 Å². The average Bonchev–Trinajstić information content (AvgIpc) is 2.75. The Labute approximate surface area is 113 Å². The topological polar surface area (TPSA) is 12.0 Å². The summed E-state index contributed by atoms with van der Waals surface area (Å²) >= 11 is 1.98. The molecule has 0 saturated carbocycles. The molecule has 94 valence electrons. The fourth-order valence-corrected chi connectivity index (χ4v) is 3.97. The van der Waals surface area contributed by atoms with Gasteiger partial charge in [-0.25, -0.2) is 0 Å². The predicted molar refractivity (Wildman–Crippen MR) is 79.2 cm³/mol. The lowest BCUT2D eigenvalue weighted by molar-refractivity contribution is 0.520. The lowest BCUT2D eigenvalue weighted by Gasteiger charge is -2.19. The van der Waals surface area contributed by atoms with Crippen LogP contribution >= 0.6 is 11.3 Å². The number of thiophene rings is 1. The molecule has 0 radical (unpaired) electrons. The average molecular weight is 257 g/mol. The van der Waals surface area contributed by atoms with E-state index in [0.717, 1.165) is 6.54 Å². The largest absolute Gasteiger partial charge is 0.310 e. The monoisotopic (exact) mass is 257 g/mol. The van der Waals surface area contributed by atoms with Gasteiger partial charge in [0, 0.05) is 22.3 Å². The van der Waals surface area contributed by atoms with Crippen molar-refractivity contribution in [2.45, 2.75) is 39.8 Å². The third-order valence-corrected chi connectivity index (χ3v) is 5.13. The van der Waals surface area contributed by atoms with Crippen LogP contribution < -0.4 is 5.32 Å². The van der Waals surface area contributed by atoms with E-state index in [2.05, 4.69) is 50.4 Å². The minimum atomic E-state index is 0.614. The second-order valence-corrected chi connectivity index (χ2v) is 6.43. The van der Waals surface area contributed by atoms with Gasteiger partial charge in [0.15, 0.2) is 0 Å². The van der Waals surface area contributed by atoms with Crippen LogP contribution in [-0.2, 0) is 13.0 Å². The fourth-order valence-electron chi connectivity index (χ4n) is 2.57. The van der Waals surface area contributed by atoms with Crippen LogP contribution in [0, 0.1) is 13.8 Å². The Morgan fingerprint density at radius 2 is 2.11 bits per heavy atom. The molecule has 1 unspecified atom stereocenters. The maximum absolute atomic E-state index is 3.54. The van der Waals surface area contributed by atoms with Gasteiger partial charge in [-0.15, -0.1) is 11.3 Å². The standard InChI is InChI=1S/C16H19NS/c1-10-5-4-6-14(12(10)3)16-8-13-9-17-11(2)7-15(13)18-16/h4-6,8,11,17H,7,9H2,1-3H3. The molecule has 0 aliphatic carbocycles. The SMILES string of the molecule is Cc1cccc(-c2cc3c(s2)CC(C)NC3)c1C. The van der Waals surface area contributed by atoms with E-state index < -0.39 is 0 Å². The van der Waals surface area contributed by atoms with Gasteiger partial charge in [0.1, 0.15) is 0 Å². The zero-order valence-electron chi connectivity index (χ0n) is 11.2. The lowest BCUT2D eigenvalue weighted by Crippen LogP contribution is -2.31. The zero-order chi connectivity index (χ0) is 12.7. The third-order valence-electron chi connectivity index (χ3n) is 3.90. The van der Waals surface area contributed by atoms with E-state index in [4.69, 9.17) is 0 Å². The molecule has 1 aliphatic heterocycles. The first-order valence-corrected chi connectivity index (χ1v) is 7.38. The molecule has 0 saturated heterocycles. The minimum Gasteiger partial charge on any atom is -0.310 e. The summed E-state index contributed by atoms with van der Waals surface area (Å²) < 4.78 is 0. The molecule has 0 bridgehead atoms. The van der Waals surface area contributed by atoms with Gasteiger partial charge < -0.3 is 5.32 Å². The lowest BCUT2D eigenvalue weighted by atomic mass is 10.0. The number of aryl methyl sites for hydroxylation is 1. The van der Waals surface area contributed by atoms with Crippen LogP contribution in [0.25, 0.3) is 10.4 Å². The third kappa shape index (κ3) is 2.00. The summed E-state index contributed by atoms with van der Waals surface area (Å²) in [6, 6.07) is 9.59. The zero-order valence-corrected chi connectivity index (χ0v) is 12.0. The quantitative estimate of drug-likeness (QED) is 0.812. The molecule has 18 heavy (non-hydrogen) atoms. The molecule has 1 aromatic carbocycles. The number of rotatable bonds is 1. The first-order chi connectivity index (χ1) is 8.65. The number of hydrogen-bond donors (Lipinski definition) is 1. The van der Waals surface area contributed by atoms with E-state index in [9.17, 15) is 0 Å². The molecular weight excluding hydrogens is 238 g/mol. The minimum absolute atomic E-state index is 0.614.